The van der Waals surface area contributed by atoms with Gasteiger partial charge in [0.1, 0.15) is 11.9 Å². The summed E-state index contributed by atoms with van der Waals surface area (Å²) in [5.41, 5.74) is 1.01. The molecule has 4 atom stereocenters. The number of amides is 1. The SMILES string of the molecule is CN(C)CCN1C(=O)C2=C(C(=O)C3CC(Br)CCC3O2)C1c1cccc(F)c1. The Bertz CT molecular complexity index is 841. The van der Waals surface area contributed by atoms with E-state index in [2.05, 4.69) is 15.9 Å². The summed E-state index contributed by atoms with van der Waals surface area (Å²) < 4.78 is 20.1. The number of carbonyl (C=O) groups is 2. The average Bonchev–Trinajstić information content (AvgIpc) is 2.93. The van der Waals surface area contributed by atoms with Crippen molar-refractivity contribution in [1.82, 2.24) is 9.80 Å². The molecule has 1 aliphatic carbocycles. The third-order valence-corrected chi connectivity index (χ3v) is 6.66. The first kappa shape index (κ1) is 19.6. The Balaban J connectivity index is 1.75. The van der Waals surface area contributed by atoms with Crippen molar-refractivity contribution < 1.29 is 18.7 Å². The minimum Gasteiger partial charge on any atom is -0.483 e. The van der Waals surface area contributed by atoms with Gasteiger partial charge in [0.25, 0.3) is 5.91 Å². The molecule has 1 aromatic rings. The molecule has 2 heterocycles. The molecule has 3 aliphatic rings. The summed E-state index contributed by atoms with van der Waals surface area (Å²) in [6.07, 6.45) is 2.12. The fourth-order valence-corrected chi connectivity index (χ4v) is 5.09. The van der Waals surface area contributed by atoms with Crippen molar-refractivity contribution in [2.75, 3.05) is 27.2 Å². The zero-order valence-electron chi connectivity index (χ0n) is 16.0. The monoisotopic (exact) mass is 450 g/mol. The molecule has 150 valence electrons. The second-order valence-corrected chi connectivity index (χ2v) is 9.33. The summed E-state index contributed by atoms with van der Waals surface area (Å²) >= 11 is 3.63. The lowest BCUT2D eigenvalue weighted by Crippen LogP contribution is -2.41. The summed E-state index contributed by atoms with van der Waals surface area (Å²) in [5.74, 6) is -0.752. The molecule has 28 heavy (non-hydrogen) atoms. The number of rotatable bonds is 4. The van der Waals surface area contributed by atoms with Gasteiger partial charge in [-0.3, -0.25) is 9.59 Å². The Hall–Kier alpha value is -1.73. The molecule has 1 aromatic carbocycles. The van der Waals surface area contributed by atoms with Crippen LogP contribution in [0, 0.1) is 11.7 Å². The number of halogens is 2. The molecule has 4 rings (SSSR count). The molecule has 0 spiro atoms. The molecule has 1 saturated carbocycles. The molecule has 0 saturated heterocycles. The van der Waals surface area contributed by atoms with Gasteiger partial charge in [-0.25, -0.2) is 4.39 Å². The van der Waals surface area contributed by atoms with Crippen molar-refractivity contribution in [3.63, 3.8) is 0 Å². The lowest BCUT2D eigenvalue weighted by Gasteiger charge is -2.37. The second-order valence-electron chi connectivity index (χ2n) is 8.04. The number of Topliss-reactive ketones (excluding diaryl/α,β-unsaturated/α-hetero) is 1. The summed E-state index contributed by atoms with van der Waals surface area (Å²) in [7, 11) is 3.86. The van der Waals surface area contributed by atoms with Crippen LogP contribution in [0.15, 0.2) is 35.6 Å². The highest BCUT2D eigenvalue weighted by Gasteiger charge is 2.52. The Morgan fingerprint density at radius 3 is 2.79 bits per heavy atom. The third-order valence-electron chi connectivity index (χ3n) is 5.83. The van der Waals surface area contributed by atoms with Gasteiger partial charge in [0, 0.05) is 17.9 Å². The molecule has 1 amide bonds. The van der Waals surface area contributed by atoms with Gasteiger partial charge in [0.15, 0.2) is 11.5 Å². The minimum atomic E-state index is -0.595. The van der Waals surface area contributed by atoms with Crippen LogP contribution < -0.4 is 0 Å². The van der Waals surface area contributed by atoms with Crippen LogP contribution in [0.3, 0.4) is 0 Å². The lowest BCUT2D eigenvalue weighted by molar-refractivity contribution is -0.135. The number of hydrogen-bond donors (Lipinski definition) is 0. The standard InChI is InChI=1S/C21H24BrFN2O3/c1-24(2)8-9-25-18(12-4-3-5-14(23)10-12)17-19(26)15-11-13(22)6-7-16(15)28-20(17)21(25)27/h3-5,10,13,15-16,18H,6-9,11H2,1-2H3. The number of ether oxygens (including phenoxy) is 1. The maximum atomic E-state index is 13.9. The molecule has 1 fully saturated rings. The van der Waals surface area contributed by atoms with Crippen LogP contribution in [0.1, 0.15) is 30.9 Å². The first-order chi connectivity index (χ1) is 13.4. The molecule has 0 radical (unpaired) electrons. The zero-order chi connectivity index (χ0) is 20.0. The number of likely N-dealkylation sites (N-methyl/N-ethyl adjacent to an activating group) is 1. The van der Waals surface area contributed by atoms with E-state index in [1.807, 2.05) is 19.0 Å². The highest BCUT2D eigenvalue weighted by molar-refractivity contribution is 9.09. The first-order valence-corrected chi connectivity index (χ1v) is 10.6. The highest BCUT2D eigenvalue weighted by Crippen LogP contribution is 2.47. The maximum absolute atomic E-state index is 13.9. The van der Waals surface area contributed by atoms with Gasteiger partial charge in [0.2, 0.25) is 0 Å². The van der Waals surface area contributed by atoms with E-state index >= 15 is 0 Å². The Morgan fingerprint density at radius 1 is 1.29 bits per heavy atom. The Labute approximate surface area is 172 Å². The molecule has 0 aromatic heterocycles. The predicted octanol–water partition coefficient (Wildman–Crippen LogP) is 3.06. The molecule has 0 N–H and O–H groups in total. The lowest BCUT2D eigenvalue weighted by atomic mass is 9.77. The summed E-state index contributed by atoms with van der Waals surface area (Å²) in [6, 6.07) is 5.56. The van der Waals surface area contributed by atoms with Crippen LogP contribution in [0.2, 0.25) is 0 Å². The summed E-state index contributed by atoms with van der Waals surface area (Å²) in [6.45, 7) is 1.08. The molecule has 5 nitrogen and oxygen atoms in total. The van der Waals surface area contributed by atoms with Crippen molar-refractivity contribution in [1.29, 1.82) is 0 Å². The fraction of sp³-hybridized carbons (Fsp3) is 0.524. The van der Waals surface area contributed by atoms with Gasteiger partial charge in [-0.05, 0) is 51.1 Å². The van der Waals surface area contributed by atoms with Gasteiger partial charge in [-0.15, -0.1) is 0 Å². The fourth-order valence-electron chi connectivity index (χ4n) is 4.42. The first-order valence-electron chi connectivity index (χ1n) is 9.67. The van der Waals surface area contributed by atoms with Crippen molar-refractivity contribution >= 4 is 27.6 Å². The third kappa shape index (κ3) is 3.39. The smallest absolute Gasteiger partial charge is 0.290 e. The largest absolute Gasteiger partial charge is 0.483 e. The van der Waals surface area contributed by atoms with Crippen molar-refractivity contribution in [2.24, 2.45) is 5.92 Å². The summed E-state index contributed by atoms with van der Waals surface area (Å²) in [5, 5.41) is 0. The Morgan fingerprint density at radius 2 is 2.07 bits per heavy atom. The van der Waals surface area contributed by atoms with Gasteiger partial charge >= 0.3 is 0 Å². The van der Waals surface area contributed by atoms with E-state index in [0.717, 1.165) is 12.8 Å². The van der Waals surface area contributed by atoms with E-state index in [9.17, 15) is 14.0 Å². The quantitative estimate of drug-likeness (QED) is 0.661. The number of benzene rings is 1. The number of alkyl halides is 1. The Kier molecular flexibility index (Phi) is 5.31. The van der Waals surface area contributed by atoms with Crippen LogP contribution in [-0.2, 0) is 14.3 Å². The number of fused-ring (bicyclic) bond motifs is 1. The second kappa shape index (κ2) is 7.59. The average molecular weight is 451 g/mol. The van der Waals surface area contributed by atoms with Crippen molar-refractivity contribution in [2.45, 2.75) is 36.2 Å². The van der Waals surface area contributed by atoms with Crippen LogP contribution in [0.25, 0.3) is 0 Å². The molecular weight excluding hydrogens is 427 g/mol. The number of nitrogens with zero attached hydrogens (tertiary/aromatic N) is 2. The molecular formula is C21H24BrFN2O3. The number of hydrogen-bond acceptors (Lipinski definition) is 4. The topological polar surface area (TPSA) is 49.9 Å². The number of ketones is 1. The van der Waals surface area contributed by atoms with E-state index in [-0.39, 0.29) is 40.1 Å². The normalized spacial score (nSPS) is 29.8. The zero-order valence-corrected chi connectivity index (χ0v) is 17.6. The highest BCUT2D eigenvalue weighted by atomic mass is 79.9. The van der Waals surface area contributed by atoms with Gasteiger partial charge in [0.05, 0.1) is 17.5 Å². The van der Waals surface area contributed by atoms with Crippen LogP contribution in [0.5, 0.6) is 0 Å². The molecule has 4 unspecified atom stereocenters. The van der Waals surface area contributed by atoms with Gasteiger partial charge in [-0.1, -0.05) is 28.1 Å². The number of carbonyl (C=O) groups excluding carboxylic acids is 2. The van der Waals surface area contributed by atoms with Gasteiger partial charge < -0.3 is 14.5 Å². The van der Waals surface area contributed by atoms with E-state index in [0.29, 0.717) is 30.6 Å². The summed E-state index contributed by atoms with van der Waals surface area (Å²) in [4.78, 5) is 30.5. The molecule has 7 heteroatoms. The molecule has 2 aliphatic heterocycles. The predicted molar refractivity (Wildman–Crippen MR) is 106 cm³/mol. The van der Waals surface area contributed by atoms with E-state index in [1.165, 1.54) is 12.1 Å². The van der Waals surface area contributed by atoms with E-state index < -0.39 is 6.04 Å². The van der Waals surface area contributed by atoms with E-state index in [4.69, 9.17) is 4.74 Å². The van der Waals surface area contributed by atoms with Crippen molar-refractivity contribution in [3.8, 4) is 0 Å². The van der Waals surface area contributed by atoms with Crippen LogP contribution in [0.4, 0.5) is 4.39 Å². The minimum absolute atomic E-state index is 0.0228. The maximum Gasteiger partial charge on any atom is 0.290 e. The van der Waals surface area contributed by atoms with Crippen LogP contribution >= 0.6 is 15.9 Å². The van der Waals surface area contributed by atoms with Crippen molar-refractivity contribution in [3.05, 3.63) is 47.0 Å². The van der Waals surface area contributed by atoms with Crippen LogP contribution in [-0.4, -0.2) is 59.6 Å². The van der Waals surface area contributed by atoms with E-state index in [1.54, 1.807) is 17.0 Å². The molecule has 0 bridgehead atoms. The van der Waals surface area contributed by atoms with Gasteiger partial charge in [-0.2, -0.15) is 0 Å².